The molecule has 0 unspecified atom stereocenters. The quantitative estimate of drug-likeness (QED) is 0.537. The van der Waals surface area contributed by atoms with Gasteiger partial charge in [0.2, 0.25) is 0 Å². The van der Waals surface area contributed by atoms with Crippen LogP contribution in [0.15, 0.2) is 0 Å². The summed E-state index contributed by atoms with van der Waals surface area (Å²) in [6.45, 7) is 6.68. The van der Waals surface area contributed by atoms with Crippen LogP contribution < -0.4 is 0 Å². The van der Waals surface area contributed by atoms with Gasteiger partial charge in [0.05, 0.1) is 0 Å². The predicted octanol–water partition coefficient (Wildman–Crippen LogP) is 1.80. The zero-order valence-corrected chi connectivity index (χ0v) is 8.08. The monoisotopic (exact) mass is 213 g/mol. The molecule has 0 aromatic carbocycles. The van der Waals surface area contributed by atoms with E-state index in [-0.39, 0.29) is 12.4 Å². The maximum Gasteiger partial charge on any atom is -0.147 e. The molecule has 0 aromatic rings. The molecule has 0 aliphatic carbocycles. The zero-order valence-electron chi connectivity index (χ0n) is 4.41. The van der Waals surface area contributed by atoms with Crippen molar-refractivity contribution in [3.63, 3.8) is 0 Å². The van der Waals surface area contributed by atoms with E-state index in [1.165, 1.54) is 0 Å². The van der Waals surface area contributed by atoms with Gasteiger partial charge in [0.15, 0.2) is 0 Å². The fraction of sp³-hybridized carbons (Fsp3) is 1.00. The van der Waals surface area contributed by atoms with E-state index < -0.39 is 0 Å². The van der Waals surface area contributed by atoms with E-state index in [1.54, 1.807) is 22.5 Å². The number of hydrogen-bond donors (Lipinski definition) is 0. The van der Waals surface area contributed by atoms with Crippen molar-refractivity contribution in [1.29, 1.82) is 0 Å². The first-order valence-electron chi connectivity index (χ1n) is 1.75. The molecular weight excluding hydrogens is 202 g/mol. The average Bonchev–Trinajstić information content (AvgIpc) is 0.722. The summed E-state index contributed by atoms with van der Waals surface area (Å²) in [6, 6.07) is 0. The van der Waals surface area contributed by atoms with Crippen LogP contribution in [0.1, 0.15) is 20.8 Å². The molecule has 0 atom stereocenters. The number of halogens is 1. The zero-order chi connectivity index (χ0) is 4.50. The van der Waals surface area contributed by atoms with Crippen LogP contribution in [0, 0.1) is 0 Å². The maximum atomic E-state index is 2.23. The third-order valence-corrected chi connectivity index (χ3v) is 0. The van der Waals surface area contributed by atoms with Crippen LogP contribution in [0.3, 0.4) is 0 Å². The van der Waals surface area contributed by atoms with Gasteiger partial charge in [-0.2, -0.15) is 0 Å². The summed E-state index contributed by atoms with van der Waals surface area (Å²) in [6.07, 6.45) is 0. The van der Waals surface area contributed by atoms with Gasteiger partial charge in [-0.1, -0.05) is 0 Å². The fourth-order valence-corrected chi connectivity index (χ4v) is 0. The van der Waals surface area contributed by atoms with E-state index in [1.807, 2.05) is 0 Å². The Morgan fingerprint density at radius 3 is 1.17 bits per heavy atom. The Labute approximate surface area is 59.2 Å². The Balaban J connectivity index is 0. The molecule has 0 saturated carbocycles. The molecule has 2 heteroatoms. The largest absolute Gasteiger partial charge is 0.147 e. The van der Waals surface area contributed by atoms with Crippen molar-refractivity contribution in [2.24, 2.45) is 0 Å². The van der Waals surface area contributed by atoms with Crippen molar-refractivity contribution in [2.45, 2.75) is 24.2 Å². The van der Waals surface area contributed by atoms with Crippen molar-refractivity contribution in [3.8, 4) is 0 Å². The summed E-state index contributed by atoms with van der Waals surface area (Å²) in [5.74, 6) is 0. The smallest absolute Gasteiger partial charge is 0.147 e. The van der Waals surface area contributed by atoms with Crippen molar-refractivity contribution in [2.75, 3.05) is 0 Å². The van der Waals surface area contributed by atoms with Gasteiger partial charge in [0.25, 0.3) is 0 Å². The molecule has 0 spiro atoms. The molecule has 0 rings (SSSR count). The third kappa shape index (κ3) is 71.8. The van der Waals surface area contributed by atoms with Crippen LogP contribution in [0.2, 0.25) is 3.43 Å². The third-order valence-electron chi connectivity index (χ3n) is 0. The normalized spacial score (nSPS) is 10.0. The molecule has 0 saturated heterocycles. The number of rotatable bonds is 0. The molecule has 0 aliphatic heterocycles. The molecule has 0 aliphatic rings. The Hall–Kier alpha value is 1.09. The van der Waals surface area contributed by atoms with Crippen LogP contribution in [-0.2, 0) is 0 Å². The van der Waals surface area contributed by atoms with Gasteiger partial charge >= 0.3 is 46.7 Å². The summed E-state index contributed by atoms with van der Waals surface area (Å²) in [7, 11) is 0. The summed E-state index contributed by atoms with van der Waals surface area (Å²) in [5.41, 5.74) is 0. The predicted molar refractivity (Wildman–Crippen MR) is 32.7 cm³/mol. The molecule has 0 nitrogen and oxygen atoms in total. The van der Waals surface area contributed by atoms with Crippen molar-refractivity contribution >= 4 is 34.9 Å². The molecule has 0 bridgehead atoms. The molecule has 0 N–H and O–H groups in total. The first-order valence-corrected chi connectivity index (χ1v) is 3.18. The second-order valence-electron chi connectivity index (χ2n) is 2.25. The first kappa shape index (κ1) is 10.1. The second kappa shape index (κ2) is 3.14. The van der Waals surface area contributed by atoms with E-state index in [0.717, 1.165) is 0 Å². The molecule has 0 heterocycles. The van der Waals surface area contributed by atoms with Gasteiger partial charge in [-0.15, -0.1) is 12.4 Å². The Morgan fingerprint density at radius 1 is 1.17 bits per heavy atom. The summed E-state index contributed by atoms with van der Waals surface area (Å²) < 4.78 is 0.590. The van der Waals surface area contributed by atoms with Gasteiger partial charge in [0, 0.05) is 0 Å². The summed E-state index contributed by atoms with van der Waals surface area (Å²) in [4.78, 5) is 0. The van der Waals surface area contributed by atoms with Gasteiger partial charge in [-0.05, 0) is 0 Å². The van der Waals surface area contributed by atoms with Crippen LogP contribution in [0.4, 0.5) is 0 Å². The Kier molecular flexibility index (Phi) is 5.31. The molecule has 0 amide bonds. The standard InChI is InChI=1S/C4H9.ClH.Sn/c1-4(2)3;;/h1-3H3;1H;. The minimum absolute atomic E-state index is 0. The summed E-state index contributed by atoms with van der Waals surface area (Å²) >= 11 is 1.62. The fourth-order valence-electron chi connectivity index (χ4n) is 0. The summed E-state index contributed by atoms with van der Waals surface area (Å²) in [5, 5.41) is 0. The molecule has 37 valence electrons. The first-order chi connectivity index (χ1) is 2.00. The molecule has 0 fully saturated rings. The van der Waals surface area contributed by atoms with Gasteiger partial charge in [-0.25, -0.2) is 0 Å². The average molecular weight is 212 g/mol. The van der Waals surface area contributed by atoms with Gasteiger partial charge < -0.3 is 0 Å². The maximum absolute atomic E-state index is 2.23. The molecule has 3 radical (unpaired) electrons. The van der Waals surface area contributed by atoms with E-state index in [2.05, 4.69) is 20.8 Å². The van der Waals surface area contributed by atoms with Crippen LogP contribution in [0.5, 0.6) is 0 Å². The van der Waals surface area contributed by atoms with Gasteiger partial charge in [-0.3, -0.25) is 0 Å². The van der Waals surface area contributed by atoms with E-state index in [0.29, 0.717) is 3.43 Å². The van der Waals surface area contributed by atoms with Gasteiger partial charge in [0.1, 0.15) is 0 Å². The Bertz CT molecular complexity index is 23.0. The van der Waals surface area contributed by atoms with E-state index in [4.69, 9.17) is 0 Å². The van der Waals surface area contributed by atoms with Crippen molar-refractivity contribution in [3.05, 3.63) is 0 Å². The minimum atomic E-state index is 0. The Morgan fingerprint density at radius 2 is 1.17 bits per heavy atom. The molecule has 0 aromatic heterocycles. The van der Waals surface area contributed by atoms with Crippen LogP contribution in [0.25, 0.3) is 0 Å². The van der Waals surface area contributed by atoms with E-state index >= 15 is 0 Å². The van der Waals surface area contributed by atoms with Crippen LogP contribution in [-0.4, -0.2) is 22.5 Å². The molecular formula is C4H10ClSn. The molecule has 6 heavy (non-hydrogen) atoms. The second-order valence-corrected chi connectivity index (χ2v) is 6.53. The topological polar surface area (TPSA) is 0 Å². The van der Waals surface area contributed by atoms with Crippen LogP contribution >= 0.6 is 12.4 Å². The minimum Gasteiger partial charge on any atom is -0.147 e. The van der Waals surface area contributed by atoms with E-state index in [9.17, 15) is 0 Å². The van der Waals surface area contributed by atoms with Crippen molar-refractivity contribution < 1.29 is 0 Å². The number of hydrogen-bond acceptors (Lipinski definition) is 0. The van der Waals surface area contributed by atoms with Crippen molar-refractivity contribution in [1.82, 2.24) is 0 Å². The SMILES string of the molecule is C[C](C)(C)[Sn].Cl.